The summed E-state index contributed by atoms with van der Waals surface area (Å²) in [4.78, 5) is 23.1. The van der Waals surface area contributed by atoms with Crippen molar-refractivity contribution in [2.75, 3.05) is 19.7 Å². The lowest BCUT2D eigenvalue weighted by molar-refractivity contribution is -0.142. The Balaban J connectivity index is 2.79. The van der Waals surface area contributed by atoms with Gasteiger partial charge in [-0.1, -0.05) is 19.1 Å². The first-order valence-electron chi connectivity index (χ1n) is 6.84. The van der Waals surface area contributed by atoms with Crippen LogP contribution in [0.4, 0.5) is 0 Å². The van der Waals surface area contributed by atoms with Gasteiger partial charge in [0.05, 0.1) is 19.7 Å². The highest BCUT2D eigenvalue weighted by Gasteiger charge is 2.21. The fourth-order valence-electron chi connectivity index (χ4n) is 1.95. The van der Waals surface area contributed by atoms with Crippen molar-refractivity contribution >= 4 is 11.9 Å². The molecule has 0 heterocycles. The zero-order chi connectivity index (χ0) is 15.8. The summed E-state index contributed by atoms with van der Waals surface area (Å²) in [6.07, 6.45) is 0.920. The van der Waals surface area contributed by atoms with Gasteiger partial charge in [-0.2, -0.15) is 0 Å². The van der Waals surface area contributed by atoms with E-state index >= 15 is 0 Å². The van der Waals surface area contributed by atoms with Crippen LogP contribution in [0.1, 0.15) is 31.9 Å². The first-order valence-corrected chi connectivity index (χ1v) is 6.84. The lowest BCUT2D eigenvalue weighted by Gasteiger charge is -2.26. The number of carboxylic acids is 2. The van der Waals surface area contributed by atoms with E-state index in [9.17, 15) is 9.59 Å². The van der Waals surface area contributed by atoms with Gasteiger partial charge >= 0.3 is 11.9 Å². The lowest BCUT2D eigenvalue weighted by Crippen LogP contribution is -2.36. The molecule has 6 heteroatoms. The Morgan fingerprint density at radius 3 is 2.10 bits per heavy atom. The second kappa shape index (κ2) is 8.26. The fraction of sp³-hybridized carbons (Fsp3) is 0.467. The second-order valence-corrected chi connectivity index (χ2v) is 4.79. The van der Waals surface area contributed by atoms with Crippen LogP contribution >= 0.6 is 0 Å². The normalized spacial score (nSPS) is 12.1. The topological polar surface area (TPSA) is 87.1 Å². The minimum atomic E-state index is -1.05. The highest BCUT2D eigenvalue weighted by Crippen LogP contribution is 2.22. The van der Waals surface area contributed by atoms with Crippen LogP contribution in [0.25, 0.3) is 0 Å². The van der Waals surface area contributed by atoms with Gasteiger partial charge in [0.25, 0.3) is 0 Å². The highest BCUT2D eigenvalue weighted by molar-refractivity contribution is 5.72. The molecule has 0 amide bonds. The molecular formula is C15H21NO5. The van der Waals surface area contributed by atoms with E-state index < -0.39 is 11.9 Å². The summed E-state index contributed by atoms with van der Waals surface area (Å²) in [5, 5.41) is 17.8. The van der Waals surface area contributed by atoms with Crippen LogP contribution in [0, 0.1) is 0 Å². The summed E-state index contributed by atoms with van der Waals surface area (Å²) in [7, 11) is 0. The standard InChI is InChI=1S/C15H21NO5/c1-3-8-21-13-6-4-12(5-7-13)11(2)16(9-14(17)18)10-15(19)20/h4-7,11H,3,8-10H2,1-2H3,(H,17,18)(H,19,20). The van der Waals surface area contributed by atoms with Crippen molar-refractivity contribution in [3.05, 3.63) is 29.8 Å². The Morgan fingerprint density at radius 1 is 1.14 bits per heavy atom. The van der Waals surface area contributed by atoms with Gasteiger partial charge in [-0.15, -0.1) is 0 Å². The van der Waals surface area contributed by atoms with E-state index in [1.54, 1.807) is 19.1 Å². The second-order valence-electron chi connectivity index (χ2n) is 4.79. The number of benzene rings is 1. The molecule has 21 heavy (non-hydrogen) atoms. The number of hydrogen-bond acceptors (Lipinski definition) is 4. The molecule has 0 bridgehead atoms. The highest BCUT2D eigenvalue weighted by atomic mass is 16.5. The average Bonchev–Trinajstić information content (AvgIpc) is 2.43. The van der Waals surface area contributed by atoms with E-state index in [2.05, 4.69) is 0 Å². The quantitative estimate of drug-likeness (QED) is 0.724. The van der Waals surface area contributed by atoms with E-state index in [1.165, 1.54) is 4.90 Å². The Bertz CT molecular complexity index is 455. The number of rotatable bonds is 9. The summed E-state index contributed by atoms with van der Waals surface area (Å²) in [5.41, 5.74) is 0.848. The Hall–Kier alpha value is -2.08. The summed E-state index contributed by atoms with van der Waals surface area (Å²) >= 11 is 0. The molecule has 0 aromatic heterocycles. The van der Waals surface area contributed by atoms with E-state index in [-0.39, 0.29) is 19.1 Å². The first kappa shape index (κ1) is 17.0. The third-order valence-electron chi connectivity index (χ3n) is 3.06. The molecule has 0 radical (unpaired) electrons. The Kier molecular flexibility index (Phi) is 6.68. The molecule has 1 aromatic rings. The van der Waals surface area contributed by atoms with Gasteiger partial charge in [0, 0.05) is 6.04 Å². The molecule has 0 aliphatic rings. The van der Waals surface area contributed by atoms with Crippen molar-refractivity contribution in [1.29, 1.82) is 0 Å². The molecule has 0 aliphatic carbocycles. The van der Waals surface area contributed by atoms with Gasteiger partial charge in [-0.05, 0) is 31.0 Å². The number of aliphatic carboxylic acids is 2. The minimum Gasteiger partial charge on any atom is -0.494 e. The molecule has 1 atom stereocenters. The maximum Gasteiger partial charge on any atom is 0.317 e. The molecule has 0 spiro atoms. The molecular weight excluding hydrogens is 274 g/mol. The van der Waals surface area contributed by atoms with Crippen LogP contribution in [0.3, 0.4) is 0 Å². The Labute approximate surface area is 124 Å². The molecule has 0 fully saturated rings. The largest absolute Gasteiger partial charge is 0.494 e. The average molecular weight is 295 g/mol. The SMILES string of the molecule is CCCOc1ccc(C(C)N(CC(=O)O)CC(=O)O)cc1. The molecule has 1 unspecified atom stereocenters. The zero-order valence-corrected chi connectivity index (χ0v) is 12.3. The molecule has 0 saturated heterocycles. The third kappa shape index (κ3) is 5.83. The maximum absolute atomic E-state index is 10.8. The van der Waals surface area contributed by atoms with E-state index in [4.69, 9.17) is 14.9 Å². The molecule has 0 aliphatic heterocycles. The van der Waals surface area contributed by atoms with Gasteiger partial charge in [0.2, 0.25) is 0 Å². The maximum atomic E-state index is 10.8. The van der Waals surface area contributed by atoms with Crippen LogP contribution in [-0.2, 0) is 9.59 Å². The molecule has 116 valence electrons. The van der Waals surface area contributed by atoms with Gasteiger partial charge in [0.1, 0.15) is 5.75 Å². The van der Waals surface area contributed by atoms with Crippen LogP contribution in [0.2, 0.25) is 0 Å². The van der Waals surface area contributed by atoms with E-state index in [1.807, 2.05) is 19.1 Å². The van der Waals surface area contributed by atoms with Crippen LogP contribution < -0.4 is 4.74 Å². The number of ether oxygens (including phenoxy) is 1. The van der Waals surface area contributed by atoms with Gasteiger partial charge in [-0.25, -0.2) is 0 Å². The predicted molar refractivity (Wildman–Crippen MR) is 77.5 cm³/mol. The van der Waals surface area contributed by atoms with Gasteiger partial charge in [-0.3, -0.25) is 14.5 Å². The monoisotopic (exact) mass is 295 g/mol. The van der Waals surface area contributed by atoms with Crippen molar-refractivity contribution in [3.8, 4) is 5.75 Å². The number of carboxylic acid groups (broad SMARTS) is 2. The van der Waals surface area contributed by atoms with Crippen LogP contribution in [-0.4, -0.2) is 46.7 Å². The Morgan fingerprint density at radius 2 is 1.67 bits per heavy atom. The van der Waals surface area contributed by atoms with Crippen molar-refractivity contribution in [2.45, 2.75) is 26.3 Å². The molecule has 0 saturated carbocycles. The summed E-state index contributed by atoms with van der Waals surface area (Å²) in [5.74, 6) is -1.35. The lowest BCUT2D eigenvalue weighted by atomic mass is 10.1. The number of hydrogen-bond donors (Lipinski definition) is 2. The predicted octanol–water partition coefficient (Wildman–Crippen LogP) is 2.01. The van der Waals surface area contributed by atoms with Gasteiger partial charge in [0.15, 0.2) is 0 Å². The van der Waals surface area contributed by atoms with Gasteiger partial charge < -0.3 is 14.9 Å². The fourth-order valence-corrected chi connectivity index (χ4v) is 1.95. The van der Waals surface area contributed by atoms with Crippen LogP contribution in [0.15, 0.2) is 24.3 Å². The number of carbonyl (C=O) groups is 2. The smallest absolute Gasteiger partial charge is 0.317 e. The molecule has 1 rings (SSSR count). The summed E-state index contributed by atoms with van der Waals surface area (Å²) < 4.78 is 5.48. The summed E-state index contributed by atoms with van der Waals surface area (Å²) in [6, 6.07) is 6.96. The number of nitrogens with zero attached hydrogens (tertiary/aromatic N) is 1. The molecule has 1 aromatic carbocycles. The van der Waals surface area contributed by atoms with E-state index in [0.717, 1.165) is 17.7 Å². The summed E-state index contributed by atoms with van der Waals surface area (Å²) in [6.45, 7) is 3.81. The van der Waals surface area contributed by atoms with Crippen molar-refractivity contribution in [3.63, 3.8) is 0 Å². The van der Waals surface area contributed by atoms with E-state index in [0.29, 0.717) is 6.61 Å². The van der Waals surface area contributed by atoms with Crippen LogP contribution in [0.5, 0.6) is 5.75 Å². The molecule has 6 nitrogen and oxygen atoms in total. The minimum absolute atomic E-state index is 0.308. The van der Waals surface area contributed by atoms with Crippen molar-refractivity contribution in [1.82, 2.24) is 4.90 Å². The first-order chi connectivity index (χ1) is 9.93. The van der Waals surface area contributed by atoms with Crippen molar-refractivity contribution in [2.24, 2.45) is 0 Å². The molecule has 2 N–H and O–H groups in total. The van der Waals surface area contributed by atoms with Crippen molar-refractivity contribution < 1.29 is 24.5 Å². The zero-order valence-electron chi connectivity index (χ0n) is 12.3. The third-order valence-corrected chi connectivity index (χ3v) is 3.06.